The van der Waals surface area contributed by atoms with E-state index >= 15 is 0 Å². The zero-order chi connectivity index (χ0) is 23.2. The van der Waals surface area contributed by atoms with E-state index in [0.717, 1.165) is 38.2 Å². The number of hydrogen-bond donors (Lipinski definition) is 1. The molecule has 10 heteroatoms. The van der Waals surface area contributed by atoms with E-state index in [1.807, 2.05) is 18.2 Å². The first-order valence-electron chi connectivity index (χ1n) is 9.92. The van der Waals surface area contributed by atoms with Crippen molar-refractivity contribution in [1.82, 2.24) is 24.5 Å². The number of fused-ring (bicyclic) bond motifs is 1. The predicted molar refractivity (Wildman–Crippen MR) is 127 cm³/mol. The Bertz CT molecular complexity index is 1570. The summed E-state index contributed by atoms with van der Waals surface area (Å²) in [5.41, 5.74) is 4.69. The summed E-state index contributed by atoms with van der Waals surface area (Å²) in [5.74, 6) is -0.307. The fraction of sp³-hybridized carbons (Fsp3) is 0.0870. The minimum Gasteiger partial charge on any atom is -0.277 e. The summed E-state index contributed by atoms with van der Waals surface area (Å²) in [5, 5.41) is 7.97. The number of aromatic nitrogens is 4. The minimum absolute atomic E-state index is 0.249. The van der Waals surface area contributed by atoms with Gasteiger partial charge in [-0.2, -0.15) is 5.10 Å². The molecule has 0 radical (unpaired) electrons. The van der Waals surface area contributed by atoms with Crippen molar-refractivity contribution in [3.63, 3.8) is 0 Å². The van der Waals surface area contributed by atoms with Crippen molar-refractivity contribution in [2.75, 3.05) is 14.1 Å². The molecule has 0 saturated heterocycles. The van der Waals surface area contributed by atoms with Gasteiger partial charge in [-0.05, 0) is 54.1 Å². The van der Waals surface area contributed by atoms with Crippen molar-refractivity contribution in [3.05, 3.63) is 72.9 Å². The molecule has 0 bridgehead atoms. The lowest BCUT2D eigenvalue weighted by molar-refractivity contribution is 0.523. The highest BCUT2D eigenvalue weighted by atomic mass is 32.2. The first-order valence-corrected chi connectivity index (χ1v) is 12.2. The van der Waals surface area contributed by atoms with Gasteiger partial charge in [0.2, 0.25) is 0 Å². The Morgan fingerprint density at radius 2 is 1.73 bits per heavy atom. The molecule has 0 unspecified atom stereocenters. The van der Waals surface area contributed by atoms with E-state index in [0.29, 0.717) is 5.69 Å². The summed E-state index contributed by atoms with van der Waals surface area (Å²) < 4.78 is 39.8. The van der Waals surface area contributed by atoms with Crippen molar-refractivity contribution in [1.29, 1.82) is 0 Å². The van der Waals surface area contributed by atoms with Crippen LogP contribution in [-0.2, 0) is 10.0 Å². The van der Waals surface area contributed by atoms with Crippen LogP contribution in [0, 0.1) is 5.82 Å². The van der Waals surface area contributed by atoms with Crippen LogP contribution in [-0.4, -0.2) is 47.0 Å². The highest BCUT2D eigenvalue weighted by molar-refractivity contribution is 7.91. The largest absolute Gasteiger partial charge is 0.277 e. The van der Waals surface area contributed by atoms with Gasteiger partial charge in [0.25, 0.3) is 10.0 Å². The number of aromatic amines is 1. The van der Waals surface area contributed by atoms with Gasteiger partial charge in [0.05, 0.1) is 28.0 Å². The summed E-state index contributed by atoms with van der Waals surface area (Å²) in [4.78, 5) is 9.55. The fourth-order valence-corrected chi connectivity index (χ4v) is 6.01. The number of rotatable bonds is 5. The number of hydrogen-bond acceptors (Lipinski definition) is 6. The molecule has 0 aliphatic rings. The standard InChI is InChI=1S/C23H18FN5O2S2/c1-29(2)33(30,31)21-10-9-20(32-21)23-17-11-15(5-8-19(17)25-13-26-23)18-12-27-28-22(18)14-3-6-16(24)7-4-14/h3-13H,1-2H3,(H,27,28). The van der Waals surface area contributed by atoms with Crippen LogP contribution in [0.25, 0.3) is 43.9 Å². The highest BCUT2D eigenvalue weighted by Gasteiger charge is 2.21. The second kappa shape index (κ2) is 8.14. The maximum Gasteiger partial charge on any atom is 0.252 e. The van der Waals surface area contributed by atoms with E-state index in [9.17, 15) is 12.8 Å². The fourth-order valence-electron chi connectivity index (χ4n) is 3.53. The van der Waals surface area contributed by atoms with Gasteiger partial charge >= 0.3 is 0 Å². The normalized spacial score (nSPS) is 12.0. The molecule has 3 aromatic heterocycles. The van der Waals surface area contributed by atoms with Crippen molar-refractivity contribution >= 4 is 32.3 Å². The molecule has 0 aliphatic carbocycles. The quantitative estimate of drug-likeness (QED) is 0.391. The van der Waals surface area contributed by atoms with Crippen LogP contribution in [0.4, 0.5) is 4.39 Å². The average Bonchev–Trinajstić information content (AvgIpc) is 3.49. The lowest BCUT2D eigenvalue weighted by Gasteiger charge is -2.09. The van der Waals surface area contributed by atoms with E-state index in [4.69, 9.17) is 0 Å². The molecule has 1 N–H and O–H groups in total. The molecular formula is C23H18FN5O2S2. The van der Waals surface area contributed by atoms with Crippen molar-refractivity contribution < 1.29 is 12.8 Å². The first-order chi connectivity index (χ1) is 15.8. The molecule has 0 atom stereocenters. The van der Waals surface area contributed by atoms with Gasteiger partial charge in [0, 0.05) is 30.6 Å². The van der Waals surface area contributed by atoms with Crippen LogP contribution >= 0.6 is 11.3 Å². The number of nitrogens with zero attached hydrogens (tertiary/aromatic N) is 4. The third kappa shape index (κ3) is 3.82. The van der Waals surface area contributed by atoms with Gasteiger partial charge in [0.1, 0.15) is 16.4 Å². The summed E-state index contributed by atoms with van der Waals surface area (Å²) in [7, 11) is -0.522. The first kappa shape index (κ1) is 21.4. The Kier molecular flexibility index (Phi) is 5.28. The van der Waals surface area contributed by atoms with Crippen molar-refractivity contribution in [2.24, 2.45) is 0 Å². The molecule has 0 aliphatic heterocycles. The van der Waals surface area contributed by atoms with E-state index in [1.54, 1.807) is 30.5 Å². The Hall–Kier alpha value is -3.47. The van der Waals surface area contributed by atoms with Crippen LogP contribution in [0.15, 0.2) is 71.3 Å². The van der Waals surface area contributed by atoms with Crippen LogP contribution in [0.2, 0.25) is 0 Å². The van der Waals surface area contributed by atoms with Crippen LogP contribution in [0.1, 0.15) is 0 Å². The Labute approximate surface area is 193 Å². The van der Waals surface area contributed by atoms with Crippen LogP contribution in [0.3, 0.4) is 0 Å². The molecule has 2 aromatic carbocycles. The Morgan fingerprint density at radius 3 is 2.48 bits per heavy atom. The molecular weight excluding hydrogens is 461 g/mol. The summed E-state index contributed by atoms with van der Waals surface area (Å²) in [6, 6.07) is 15.3. The monoisotopic (exact) mass is 479 g/mol. The van der Waals surface area contributed by atoms with Crippen molar-refractivity contribution in [3.8, 4) is 33.0 Å². The average molecular weight is 480 g/mol. The lowest BCUT2D eigenvalue weighted by Crippen LogP contribution is -2.21. The van der Waals surface area contributed by atoms with E-state index in [1.165, 1.54) is 48.2 Å². The topological polar surface area (TPSA) is 91.8 Å². The van der Waals surface area contributed by atoms with E-state index < -0.39 is 10.0 Å². The maximum atomic E-state index is 13.4. The second-order valence-corrected chi connectivity index (χ2v) is 11.0. The Balaban J connectivity index is 1.63. The molecule has 0 spiro atoms. The van der Waals surface area contributed by atoms with E-state index in [-0.39, 0.29) is 10.0 Å². The minimum atomic E-state index is -3.53. The lowest BCUT2D eigenvalue weighted by atomic mass is 9.99. The number of halogens is 1. The molecule has 0 fully saturated rings. The smallest absolute Gasteiger partial charge is 0.252 e. The summed E-state index contributed by atoms with van der Waals surface area (Å²) >= 11 is 1.17. The molecule has 0 amide bonds. The zero-order valence-electron chi connectivity index (χ0n) is 17.7. The van der Waals surface area contributed by atoms with Crippen LogP contribution < -0.4 is 0 Å². The number of nitrogens with one attached hydrogen (secondary N) is 1. The zero-order valence-corrected chi connectivity index (χ0v) is 19.3. The van der Waals surface area contributed by atoms with Gasteiger partial charge in [-0.25, -0.2) is 27.1 Å². The molecule has 3 heterocycles. The molecule has 0 saturated carbocycles. The van der Waals surface area contributed by atoms with Gasteiger partial charge in [0.15, 0.2) is 0 Å². The third-order valence-corrected chi connectivity index (χ3v) is 8.64. The molecule has 5 aromatic rings. The molecule has 33 heavy (non-hydrogen) atoms. The van der Waals surface area contributed by atoms with Gasteiger partial charge in [-0.1, -0.05) is 6.07 Å². The van der Waals surface area contributed by atoms with E-state index in [2.05, 4.69) is 20.2 Å². The maximum absolute atomic E-state index is 13.4. The van der Waals surface area contributed by atoms with Crippen LogP contribution in [0.5, 0.6) is 0 Å². The SMILES string of the molecule is CN(C)S(=O)(=O)c1ccc(-c2ncnc3ccc(-c4cn[nH]c4-c4ccc(F)cc4)cc23)s1. The van der Waals surface area contributed by atoms with Gasteiger partial charge < -0.3 is 0 Å². The molecule has 7 nitrogen and oxygen atoms in total. The highest BCUT2D eigenvalue weighted by Crippen LogP contribution is 2.37. The third-order valence-electron chi connectivity index (χ3n) is 5.27. The second-order valence-electron chi connectivity index (χ2n) is 7.53. The number of H-pyrrole nitrogens is 1. The summed E-state index contributed by atoms with van der Waals surface area (Å²) in [6.45, 7) is 0. The van der Waals surface area contributed by atoms with Crippen molar-refractivity contribution in [2.45, 2.75) is 4.21 Å². The summed E-state index contributed by atoms with van der Waals surface area (Å²) in [6.07, 6.45) is 3.19. The number of thiophene rings is 1. The number of sulfonamides is 1. The predicted octanol–water partition coefficient (Wildman–Crippen LogP) is 4.80. The Morgan fingerprint density at radius 1 is 0.970 bits per heavy atom. The van der Waals surface area contributed by atoms with Gasteiger partial charge in [-0.15, -0.1) is 11.3 Å². The van der Waals surface area contributed by atoms with Gasteiger partial charge in [-0.3, -0.25) is 5.10 Å². The molecule has 166 valence electrons. The molecule has 5 rings (SSSR count). The number of benzene rings is 2.